The molecule has 2 heteroatoms. The number of benzene rings is 4. The van der Waals surface area contributed by atoms with Crippen LogP contribution in [-0.2, 0) is 0 Å². The molecule has 4 aromatic carbocycles. The van der Waals surface area contributed by atoms with Gasteiger partial charge in [0.05, 0.1) is 0 Å². The summed E-state index contributed by atoms with van der Waals surface area (Å²) >= 11 is 1.88. The van der Waals surface area contributed by atoms with E-state index >= 15 is 0 Å². The van der Waals surface area contributed by atoms with Gasteiger partial charge in [-0.3, -0.25) is 0 Å². The Hall–Kier alpha value is -1.00. The second kappa shape index (κ2) is 5.57. The Morgan fingerprint density at radius 2 is 1.27 bits per heavy atom. The Bertz CT molecular complexity index is 1050. The summed E-state index contributed by atoms with van der Waals surface area (Å²) in [5.41, 5.74) is 0. The third-order valence-electron chi connectivity index (χ3n) is 4.14. The van der Waals surface area contributed by atoms with Crippen LogP contribution in [0.15, 0.2) is 66.7 Å². The topological polar surface area (TPSA) is 0 Å². The SMILES string of the molecule is [Ce].[c-]1ccc2cc3sc4cc5ccccc5cc4c3cc2c1. The Balaban J connectivity index is 0.00000125. The first-order valence-corrected chi connectivity index (χ1v) is 7.85. The van der Waals surface area contributed by atoms with E-state index in [0.29, 0.717) is 0 Å². The minimum Gasteiger partial charge on any atom is -0.183 e. The fourth-order valence-electron chi connectivity index (χ4n) is 3.09. The number of thiophene rings is 1. The molecule has 0 unspecified atom stereocenters. The average molecular weight is 423 g/mol. The maximum absolute atomic E-state index is 3.17. The minimum atomic E-state index is 0. The molecular weight excluding hydrogens is 412 g/mol. The second-order valence-corrected chi connectivity index (χ2v) is 6.50. The van der Waals surface area contributed by atoms with E-state index in [0.717, 1.165) is 0 Å². The van der Waals surface area contributed by atoms with Crippen molar-refractivity contribution in [2.24, 2.45) is 0 Å². The first-order chi connectivity index (χ1) is 10.4. The molecule has 5 aromatic rings. The number of hydrogen-bond acceptors (Lipinski definition) is 1. The van der Waals surface area contributed by atoms with Crippen LogP contribution in [0.2, 0.25) is 0 Å². The minimum absolute atomic E-state index is 0. The maximum Gasteiger partial charge on any atom is 0.0361 e. The molecule has 0 atom stereocenters. The molecule has 0 spiro atoms. The molecule has 0 saturated carbocycles. The van der Waals surface area contributed by atoms with E-state index < -0.39 is 0 Å². The molecule has 0 amide bonds. The summed E-state index contributed by atoms with van der Waals surface area (Å²) in [7, 11) is 0. The van der Waals surface area contributed by atoms with Crippen molar-refractivity contribution in [3.63, 3.8) is 0 Å². The van der Waals surface area contributed by atoms with Gasteiger partial charge in [0.1, 0.15) is 0 Å². The van der Waals surface area contributed by atoms with E-state index in [2.05, 4.69) is 66.7 Å². The van der Waals surface area contributed by atoms with Crippen molar-refractivity contribution in [2.45, 2.75) is 0 Å². The summed E-state index contributed by atoms with van der Waals surface area (Å²) in [4.78, 5) is 0. The van der Waals surface area contributed by atoms with Gasteiger partial charge in [0.25, 0.3) is 0 Å². The van der Waals surface area contributed by atoms with E-state index in [4.69, 9.17) is 0 Å². The van der Waals surface area contributed by atoms with Gasteiger partial charge in [-0.25, -0.2) is 0 Å². The Labute approximate surface area is 166 Å². The van der Waals surface area contributed by atoms with Crippen LogP contribution in [0.5, 0.6) is 0 Å². The zero-order valence-corrected chi connectivity index (χ0v) is 15.7. The summed E-state index contributed by atoms with van der Waals surface area (Å²) in [6.07, 6.45) is 0. The quantitative estimate of drug-likeness (QED) is 0.262. The van der Waals surface area contributed by atoms with E-state index in [9.17, 15) is 0 Å². The van der Waals surface area contributed by atoms with Gasteiger partial charge in [0, 0.05) is 51.1 Å². The molecule has 0 N–H and O–H groups in total. The van der Waals surface area contributed by atoms with Crippen LogP contribution in [-0.4, -0.2) is 0 Å². The van der Waals surface area contributed by atoms with Crippen molar-refractivity contribution in [3.8, 4) is 0 Å². The van der Waals surface area contributed by atoms with Crippen LogP contribution in [0.25, 0.3) is 41.7 Å². The Morgan fingerprint density at radius 1 is 0.682 bits per heavy atom. The summed E-state index contributed by atoms with van der Waals surface area (Å²) in [5.74, 6) is 0. The first-order valence-electron chi connectivity index (χ1n) is 7.03. The fraction of sp³-hybridized carbons (Fsp3) is 0. The monoisotopic (exact) mass is 423 g/mol. The maximum atomic E-state index is 3.17. The number of hydrogen-bond donors (Lipinski definition) is 0. The second-order valence-electron chi connectivity index (χ2n) is 5.42. The van der Waals surface area contributed by atoms with Gasteiger partial charge in [-0.05, 0) is 33.7 Å². The predicted octanol–water partition coefficient (Wildman–Crippen LogP) is 6.16. The average Bonchev–Trinajstić information content (AvgIpc) is 2.87. The smallest absolute Gasteiger partial charge is 0.0361 e. The molecule has 0 fully saturated rings. The standard InChI is InChI=1S/C20H11S.Ce/c1-3-7-15-11-19-17(9-13(15)5-1)18-10-14-6-2-4-8-16(14)12-20(18)21-19;/h1,3-12H;/q-1;. The van der Waals surface area contributed by atoms with Crippen LogP contribution >= 0.6 is 11.3 Å². The fourth-order valence-corrected chi connectivity index (χ4v) is 4.25. The first kappa shape index (κ1) is 14.6. The van der Waals surface area contributed by atoms with Crippen LogP contribution in [0.4, 0.5) is 0 Å². The van der Waals surface area contributed by atoms with Gasteiger partial charge in [-0.1, -0.05) is 30.3 Å². The van der Waals surface area contributed by atoms with Crippen molar-refractivity contribution in [1.82, 2.24) is 0 Å². The van der Waals surface area contributed by atoms with E-state index in [1.165, 1.54) is 41.7 Å². The van der Waals surface area contributed by atoms with Crippen LogP contribution in [0.1, 0.15) is 0 Å². The molecule has 0 aliphatic rings. The van der Waals surface area contributed by atoms with Crippen molar-refractivity contribution in [2.75, 3.05) is 0 Å². The number of rotatable bonds is 0. The normalized spacial score (nSPS) is 11.3. The molecule has 0 bridgehead atoms. The molecule has 0 aliphatic heterocycles. The van der Waals surface area contributed by atoms with E-state index in [1.54, 1.807) is 0 Å². The van der Waals surface area contributed by atoms with Gasteiger partial charge < -0.3 is 0 Å². The van der Waals surface area contributed by atoms with Gasteiger partial charge in [0.15, 0.2) is 0 Å². The molecule has 5 rings (SSSR count). The summed E-state index contributed by atoms with van der Waals surface area (Å²) in [6.45, 7) is 0. The zero-order valence-electron chi connectivity index (χ0n) is 11.8. The zero-order chi connectivity index (χ0) is 13.8. The predicted molar refractivity (Wildman–Crippen MR) is 93.2 cm³/mol. The number of fused-ring (bicyclic) bond motifs is 5. The van der Waals surface area contributed by atoms with Gasteiger partial charge in [-0.15, -0.1) is 28.2 Å². The van der Waals surface area contributed by atoms with Gasteiger partial charge in [0.2, 0.25) is 0 Å². The molecule has 0 nitrogen and oxygen atoms in total. The van der Waals surface area contributed by atoms with Crippen LogP contribution < -0.4 is 0 Å². The third-order valence-corrected chi connectivity index (χ3v) is 5.26. The Kier molecular flexibility index (Phi) is 3.69. The van der Waals surface area contributed by atoms with E-state index in [1.807, 2.05) is 17.4 Å². The van der Waals surface area contributed by atoms with Gasteiger partial charge >= 0.3 is 0 Å². The summed E-state index contributed by atoms with van der Waals surface area (Å²) in [5, 5.41) is 7.89. The van der Waals surface area contributed by atoms with Crippen molar-refractivity contribution in [3.05, 3.63) is 72.8 Å². The molecule has 1 aromatic heterocycles. The molecule has 102 valence electrons. The van der Waals surface area contributed by atoms with Crippen LogP contribution in [0.3, 0.4) is 0 Å². The van der Waals surface area contributed by atoms with Gasteiger partial charge in [-0.2, -0.15) is 24.3 Å². The molecule has 1 heterocycles. The third kappa shape index (κ3) is 2.19. The summed E-state index contributed by atoms with van der Waals surface area (Å²) < 4.78 is 2.72. The van der Waals surface area contributed by atoms with Crippen molar-refractivity contribution >= 4 is 53.1 Å². The molecule has 0 saturated heterocycles. The van der Waals surface area contributed by atoms with E-state index in [-0.39, 0.29) is 41.7 Å². The molecule has 22 heavy (non-hydrogen) atoms. The largest absolute Gasteiger partial charge is 0.183 e. The summed E-state index contributed by atoms with van der Waals surface area (Å²) in [6, 6.07) is 27.2. The molecule has 0 aliphatic carbocycles. The molecular formula is C20H11CeS-. The molecule has 0 radical (unpaired) electrons. The van der Waals surface area contributed by atoms with Crippen molar-refractivity contribution in [1.29, 1.82) is 0 Å². The Morgan fingerprint density at radius 3 is 2.00 bits per heavy atom. The van der Waals surface area contributed by atoms with Crippen LogP contribution in [0, 0.1) is 47.8 Å². The van der Waals surface area contributed by atoms with Crippen molar-refractivity contribution < 1.29 is 41.7 Å².